The first-order chi connectivity index (χ1) is 11.8. The van der Waals surface area contributed by atoms with E-state index >= 15 is 0 Å². The maximum absolute atomic E-state index is 12.1. The van der Waals surface area contributed by atoms with Crippen LogP contribution in [-0.2, 0) is 4.79 Å². The third-order valence-corrected chi connectivity index (χ3v) is 3.62. The second-order valence-electron chi connectivity index (χ2n) is 6.65. The van der Waals surface area contributed by atoms with Gasteiger partial charge in [0, 0.05) is 24.1 Å². The monoisotopic (exact) mass is 346 g/mol. The maximum Gasteiger partial charge on any atom is 0.269 e. The molecule has 8 heteroatoms. The SMILES string of the molecule is CC(C)CC(=O)N[C@@H](c1nc(-c2ccc([N+](=O)[O-])cc2)no1)C(C)C. The van der Waals surface area contributed by atoms with E-state index in [2.05, 4.69) is 15.5 Å². The largest absolute Gasteiger partial charge is 0.344 e. The van der Waals surface area contributed by atoms with Crippen molar-refractivity contribution in [2.24, 2.45) is 11.8 Å². The van der Waals surface area contributed by atoms with Crippen molar-refractivity contribution in [1.82, 2.24) is 15.5 Å². The van der Waals surface area contributed by atoms with Crippen molar-refractivity contribution in [2.45, 2.75) is 40.2 Å². The van der Waals surface area contributed by atoms with Gasteiger partial charge < -0.3 is 9.84 Å². The summed E-state index contributed by atoms with van der Waals surface area (Å²) in [7, 11) is 0. The van der Waals surface area contributed by atoms with Crippen LogP contribution in [0.5, 0.6) is 0 Å². The molecule has 0 spiro atoms. The van der Waals surface area contributed by atoms with Crippen molar-refractivity contribution in [1.29, 1.82) is 0 Å². The Hall–Kier alpha value is -2.77. The molecule has 0 saturated heterocycles. The third kappa shape index (κ3) is 4.85. The molecule has 1 aromatic carbocycles. The first kappa shape index (κ1) is 18.6. The summed E-state index contributed by atoms with van der Waals surface area (Å²) in [6.45, 7) is 7.86. The topological polar surface area (TPSA) is 111 Å². The van der Waals surface area contributed by atoms with Crippen LogP contribution in [-0.4, -0.2) is 21.0 Å². The molecule has 0 aliphatic rings. The number of non-ortho nitro benzene ring substituents is 1. The molecular formula is C17H22N4O4. The number of carbonyl (C=O) groups excluding carboxylic acids is 1. The lowest BCUT2D eigenvalue weighted by Crippen LogP contribution is -2.32. The lowest BCUT2D eigenvalue weighted by Gasteiger charge is -2.19. The Balaban J connectivity index is 2.19. The van der Waals surface area contributed by atoms with Gasteiger partial charge in [-0.15, -0.1) is 0 Å². The number of hydrogen-bond acceptors (Lipinski definition) is 6. The summed E-state index contributed by atoms with van der Waals surface area (Å²) in [5.74, 6) is 0.908. The molecule has 1 aromatic heterocycles. The van der Waals surface area contributed by atoms with Gasteiger partial charge in [-0.05, 0) is 24.0 Å². The van der Waals surface area contributed by atoms with Crippen LogP contribution in [0.4, 0.5) is 5.69 Å². The lowest BCUT2D eigenvalue weighted by molar-refractivity contribution is -0.384. The number of carbonyl (C=O) groups is 1. The van der Waals surface area contributed by atoms with Crippen molar-refractivity contribution in [3.05, 3.63) is 40.3 Å². The molecule has 0 radical (unpaired) electrons. The van der Waals surface area contributed by atoms with E-state index < -0.39 is 4.92 Å². The number of nitro benzene ring substituents is 1. The molecule has 2 rings (SSSR count). The smallest absolute Gasteiger partial charge is 0.269 e. The molecule has 0 unspecified atom stereocenters. The number of nitrogens with zero attached hydrogens (tertiary/aromatic N) is 3. The van der Waals surface area contributed by atoms with E-state index in [-0.39, 0.29) is 29.5 Å². The zero-order chi connectivity index (χ0) is 18.6. The Kier molecular flexibility index (Phi) is 5.84. The number of aromatic nitrogens is 2. The van der Waals surface area contributed by atoms with Gasteiger partial charge in [0.1, 0.15) is 6.04 Å². The highest BCUT2D eigenvalue weighted by atomic mass is 16.6. The standard InChI is InChI=1S/C17H22N4O4/c1-10(2)9-14(22)18-15(11(3)4)17-19-16(20-25-17)12-5-7-13(8-6-12)21(23)24/h5-8,10-11,15H,9H2,1-4H3,(H,18,22)/t15-/m1/s1. The molecule has 1 N–H and O–H groups in total. The van der Waals surface area contributed by atoms with Crippen LogP contribution in [0, 0.1) is 22.0 Å². The van der Waals surface area contributed by atoms with E-state index in [1.807, 2.05) is 27.7 Å². The first-order valence-electron chi connectivity index (χ1n) is 8.15. The van der Waals surface area contributed by atoms with Gasteiger partial charge in [0.2, 0.25) is 17.6 Å². The number of amides is 1. The number of rotatable bonds is 7. The van der Waals surface area contributed by atoms with Crippen LogP contribution >= 0.6 is 0 Å². The predicted molar refractivity (Wildman–Crippen MR) is 91.6 cm³/mol. The summed E-state index contributed by atoms with van der Waals surface area (Å²) in [4.78, 5) is 26.6. The zero-order valence-corrected chi connectivity index (χ0v) is 14.7. The minimum Gasteiger partial charge on any atom is -0.344 e. The molecule has 0 saturated carbocycles. The molecule has 134 valence electrons. The lowest BCUT2D eigenvalue weighted by atomic mass is 10.0. The Labute approximate surface area is 145 Å². The van der Waals surface area contributed by atoms with Gasteiger partial charge >= 0.3 is 0 Å². The molecule has 1 heterocycles. The average Bonchev–Trinajstić information content (AvgIpc) is 3.01. The van der Waals surface area contributed by atoms with E-state index in [4.69, 9.17) is 4.52 Å². The first-order valence-corrected chi connectivity index (χ1v) is 8.15. The summed E-state index contributed by atoms with van der Waals surface area (Å²) < 4.78 is 5.32. The Morgan fingerprint density at radius 2 is 1.88 bits per heavy atom. The van der Waals surface area contributed by atoms with Crippen molar-refractivity contribution >= 4 is 11.6 Å². The van der Waals surface area contributed by atoms with Crippen molar-refractivity contribution < 1.29 is 14.2 Å². The summed E-state index contributed by atoms with van der Waals surface area (Å²) in [6, 6.07) is 5.51. The van der Waals surface area contributed by atoms with E-state index in [9.17, 15) is 14.9 Å². The van der Waals surface area contributed by atoms with E-state index in [1.165, 1.54) is 12.1 Å². The van der Waals surface area contributed by atoms with Gasteiger partial charge in [0.25, 0.3) is 5.69 Å². The van der Waals surface area contributed by atoms with Gasteiger partial charge in [0.05, 0.1) is 4.92 Å². The number of nitrogens with one attached hydrogen (secondary N) is 1. The number of benzene rings is 1. The van der Waals surface area contributed by atoms with Crippen molar-refractivity contribution in [3.8, 4) is 11.4 Å². The second-order valence-corrected chi connectivity index (χ2v) is 6.65. The van der Waals surface area contributed by atoms with Gasteiger partial charge in [0.15, 0.2) is 0 Å². The van der Waals surface area contributed by atoms with Crippen LogP contribution in [0.3, 0.4) is 0 Å². The highest BCUT2D eigenvalue weighted by molar-refractivity contribution is 5.76. The predicted octanol–water partition coefficient (Wildman–Crippen LogP) is 3.50. The summed E-state index contributed by atoms with van der Waals surface area (Å²) >= 11 is 0. The quantitative estimate of drug-likeness (QED) is 0.606. The summed E-state index contributed by atoms with van der Waals surface area (Å²) in [6.07, 6.45) is 0.423. The average molecular weight is 346 g/mol. The summed E-state index contributed by atoms with van der Waals surface area (Å²) in [5, 5.41) is 17.6. The summed E-state index contributed by atoms with van der Waals surface area (Å²) in [5.41, 5.74) is 0.602. The molecule has 0 bridgehead atoms. The zero-order valence-electron chi connectivity index (χ0n) is 14.7. The highest BCUT2D eigenvalue weighted by Gasteiger charge is 2.25. The van der Waals surface area contributed by atoms with E-state index in [0.29, 0.717) is 23.7 Å². The Morgan fingerprint density at radius 3 is 2.40 bits per heavy atom. The number of hydrogen-bond donors (Lipinski definition) is 1. The molecular weight excluding hydrogens is 324 g/mol. The third-order valence-electron chi connectivity index (χ3n) is 3.62. The van der Waals surface area contributed by atoms with E-state index in [0.717, 1.165) is 0 Å². The second kappa shape index (κ2) is 7.87. The normalized spacial score (nSPS) is 12.4. The molecule has 2 aromatic rings. The van der Waals surface area contributed by atoms with Gasteiger partial charge in [-0.25, -0.2) is 0 Å². The molecule has 0 aliphatic heterocycles. The van der Waals surface area contributed by atoms with E-state index in [1.54, 1.807) is 12.1 Å². The molecule has 25 heavy (non-hydrogen) atoms. The van der Waals surface area contributed by atoms with Gasteiger partial charge in [-0.1, -0.05) is 32.9 Å². The van der Waals surface area contributed by atoms with Crippen LogP contribution in [0.2, 0.25) is 0 Å². The van der Waals surface area contributed by atoms with Crippen LogP contribution in [0.25, 0.3) is 11.4 Å². The fraction of sp³-hybridized carbons (Fsp3) is 0.471. The highest BCUT2D eigenvalue weighted by Crippen LogP contribution is 2.25. The molecule has 1 atom stereocenters. The van der Waals surface area contributed by atoms with Crippen molar-refractivity contribution in [3.63, 3.8) is 0 Å². The van der Waals surface area contributed by atoms with Crippen molar-refractivity contribution in [2.75, 3.05) is 0 Å². The fourth-order valence-corrected chi connectivity index (χ4v) is 2.33. The number of nitro groups is 1. The van der Waals surface area contributed by atoms with Gasteiger partial charge in [-0.3, -0.25) is 14.9 Å². The Bertz CT molecular complexity index is 737. The Morgan fingerprint density at radius 1 is 1.24 bits per heavy atom. The minimum atomic E-state index is -0.468. The maximum atomic E-state index is 12.1. The molecule has 0 fully saturated rings. The molecule has 8 nitrogen and oxygen atoms in total. The van der Waals surface area contributed by atoms with Crippen LogP contribution < -0.4 is 5.32 Å². The van der Waals surface area contributed by atoms with Crippen LogP contribution in [0.1, 0.15) is 46.0 Å². The molecule has 1 amide bonds. The molecule has 0 aliphatic carbocycles. The van der Waals surface area contributed by atoms with Crippen LogP contribution in [0.15, 0.2) is 28.8 Å². The fourth-order valence-electron chi connectivity index (χ4n) is 2.33. The minimum absolute atomic E-state index is 0.00604. The van der Waals surface area contributed by atoms with Gasteiger partial charge in [-0.2, -0.15) is 4.98 Å².